The highest BCUT2D eigenvalue weighted by Gasteiger charge is 2.23. The minimum atomic E-state index is -0.699. The summed E-state index contributed by atoms with van der Waals surface area (Å²) in [6.07, 6.45) is 1.53. The highest BCUT2D eigenvalue weighted by molar-refractivity contribution is 5.94. The SMILES string of the molecule is CCc1cccc(CC)c1NC(=O)COC(=O)Cn1nc(C)c([N+](=O)[O-])c1C. The van der Waals surface area contributed by atoms with Crippen LogP contribution in [0.25, 0.3) is 0 Å². The highest BCUT2D eigenvalue weighted by Crippen LogP contribution is 2.23. The number of anilines is 1. The van der Waals surface area contributed by atoms with Gasteiger partial charge in [0.05, 0.1) is 4.92 Å². The van der Waals surface area contributed by atoms with E-state index in [1.165, 1.54) is 18.5 Å². The molecule has 1 aromatic carbocycles. The average molecular weight is 388 g/mol. The third-order valence-corrected chi connectivity index (χ3v) is 4.43. The second-order valence-electron chi connectivity index (χ2n) is 6.30. The number of rotatable bonds is 8. The normalized spacial score (nSPS) is 10.6. The van der Waals surface area contributed by atoms with Gasteiger partial charge in [0, 0.05) is 5.69 Å². The number of hydrogen-bond acceptors (Lipinski definition) is 6. The number of para-hydroxylation sites is 1. The van der Waals surface area contributed by atoms with Gasteiger partial charge >= 0.3 is 11.7 Å². The van der Waals surface area contributed by atoms with Gasteiger partial charge in [-0.1, -0.05) is 32.0 Å². The lowest BCUT2D eigenvalue weighted by Gasteiger charge is -2.14. The van der Waals surface area contributed by atoms with Crippen LogP contribution in [-0.2, 0) is 33.7 Å². The Labute approximate surface area is 162 Å². The maximum absolute atomic E-state index is 12.2. The molecule has 1 N–H and O–H groups in total. The Bertz CT molecular complexity index is 882. The monoisotopic (exact) mass is 388 g/mol. The van der Waals surface area contributed by atoms with Crippen LogP contribution in [0.3, 0.4) is 0 Å². The summed E-state index contributed by atoms with van der Waals surface area (Å²) in [4.78, 5) is 34.7. The van der Waals surface area contributed by atoms with E-state index < -0.39 is 23.4 Å². The molecule has 2 rings (SSSR count). The lowest BCUT2D eigenvalue weighted by molar-refractivity contribution is -0.386. The average Bonchev–Trinajstić information content (AvgIpc) is 2.93. The molecule has 28 heavy (non-hydrogen) atoms. The number of carbonyl (C=O) groups is 2. The molecule has 0 aliphatic heterocycles. The summed E-state index contributed by atoms with van der Waals surface area (Å²) >= 11 is 0. The molecule has 0 radical (unpaired) electrons. The molecular weight excluding hydrogens is 364 g/mol. The first kappa shape index (κ1) is 21.1. The molecule has 0 spiro atoms. The topological polar surface area (TPSA) is 116 Å². The van der Waals surface area contributed by atoms with Crippen molar-refractivity contribution in [1.82, 2.24) is 9.78 Å². The molecule has 1 heterocycles. The molecule has 0 unspecified atom stereocenters. The Morgan fingerprint density at radius 2 is 1.82 bits per heavy atom. The molecule has 0 saturated heterocycles. The van der Waals surface area contributed by atoms with Crippen LogP contribution >= 0.6 is 0 Å². The zero-order valence-corrected chi connectivity index (χ0v) is 16.4. The van der Waals surface area contributed by atoms with Crippen LogP contribution in [0, 0.1) is 24.0 Å². The number of hydrogen-bond donors (Lipinski definition) is 1. The first-order valence-electron chi connectivity index (χ1n) is 9.03. The van der Waals surface area contributed by atoms with Crippen molar-refractivity contribution in [3.8, 4) is 0 Å². The van der Waals surface area contributed by atoms with Gasteiger partial charge in [0.2, 0.25) is 0 Å². The van der Waals surface area contributed by atoms with Gasteiger partial charge < -0.3 is 10.1 Å². The maximum Gasteiger partial charge on any atom is 0.328 e. The Morgan fingerprint density at radius 1 is 1.21 bits per heavy atom. The smallest absolute Gasteiger partial charge is 0.328 e. The molecule has 9 nitrogen and oxygen atoms in total. The number of carbonyl (C=O) groups excluding carboxylic acids is 2. The Kier molecular flexibility index (Phi) is 6.86. The fourth-order valence-electron chi connectivity index (χ4n) is 3.00. The molecular formula is C19H24N4O5. The predicted molar refractivity (Wildman–Crippen MR) is 103 cm³/mol. The minimum Gasteiger partial charge on any atom is -0.454 e. The van der Waals surface area contributed by atoms with Crippen LogP contribution < -0.4 is 5.32 Å². The fourth-order valence-corrected chi connectivity index (χ4v) is 3.00. The quantitative estimate of drug-likeness (QED) is 0.422. The van der Waals surface area contributed by atoms with Crippen molar-refractivity contribution in [3.05, 3.63) is 50.8 Å². The lowest BCUT2D eigenvalue weighted by Crippen LogP contribution is -2.24. The van der Waals surface area contributed by atoms with Crippen molar-refractivity contribution >= 4 is 23.3 Å². The molecule has 9 heteroatoms. The van der Waals surface area contributed by atoms with Crippen LogP contribution in [-0.4, -0.2) is 33.2 Å². The number of ether oxygens (including phenoxy) is 1. The number of nitro groups is 1. The van der Waals surface area contributed by atoms with Crippen molar-refractivity contribution in [1.29, 1.82) is 0 Å². The van der Waals surface area contributed by atoms with Crippen molar-refractivity contribution in [3.63, 3.8) is 0 Å². The van der Waals surface area contributed by atoms with Gasteiger partial charge in [-0.15, -0.1) is 0 Å². The van der Waals surface area contributed by atoms with Crippen molar-refractivity contribution < 1.29 is 19.2 Å². The molecule has 150 valence electrons. The molecule has 1 aromatic heterocycles. The summed E-state index contributed by atoms with van der Waals surface area (Å²) in [7, 11) is 0. The first-order valence-corrected chi connectivity index (χ1v) is 9.03. The summed E-state index contributed by atoms with van der Waals surface area (Å²) in [6, 6.07) is 5.83. The van der Waals surface area contributed by atoms with Crippen LogP contribution in [0.5, 0.6) is 0 Å². The van der Waals surface area contributed by atoms with E-state index in [4.69, 9.17) is 4.74 Å². The molecule has 0 fully saturated rings. The summed E-state index contributed by atoms with van der Waals surface area (Å²) in [5.41, 5.74) is 3.11. The van der Waals surface area contributed by atoms with Gasteiger partial charge in [-0.2, -0.15) is 5.10 Å². The number of aromatic nitrogens is 2. The van der Waals surface area contributed by atoms with E-state index in [9.17, 15) is 19.7 Å². The van der Waals surface area contributed by atoms with Crippen LogP contribution in [0.2, 0.25) is 0 Å². The van der Waals surface area contributed by atoms with E-state index in [1.54, 1.807) is 0 Å². The third kappa shape index (κ3) is 4.73. The largest absolute Gasteiger partial charge is 0.454 e. The minimum absolute atomic E-state index is 0.131. The van der Waals surface area contributed by atoms with E-state index >= 15 is 0 Å². The number of benzene rings is 1. The zero-order chi connectivity index (χ0) is 20.8. The van der Waals surface area contributed by atoms with Gasteiger partial charge in [-0.05, 0) is 37.8 Å². The van der Waals surface area contributed by atoms with Crippen molar-refractivity contribution in [2.75, 3.05) is 11.9 Å². The fraction of sp³-hybridized carbons (Fsp3) is 0.421. The number of nitrogens with zero attached hydrogens (tertiary/aromatic N) is 3. The van der Waals surface area contributed by atoms with E-state index in [2.05, 4.69) is 10.4 Å². The van der Waals surface area contributed by atoms with Gasteiger partial charge in [0.25, 0.3) is 5.91 Å². The summed E-state index contributed by atoms with van der Waals surface area (Å²) < 4.78 is 6.21. The molecule has 1 amide bonds. The predicted octanol–water partition coefficient (Wildman–Crippen LogP) is 2.71. The van der Waals surface area contributed by atoms with Crippen molar-refractivity contribution in [2.45, 2.75) is 47.1 Å². The van der Waals surface area contributed by atoms with Gasteiger partial charge in [0.15, 0.2) is 6.61 Å². The second kappa shape index (κ2) is 9.12. The Balaban J connectivity index is 1.98. The molecule has 0 atom stereocenters. The molecule has 0 aliphatic rings. The van der Waals surface area contributed by atoms with E-state index in [0.717, 1.165) is 29.7 Å². The first-order chi connectivity index (χ1) is 13.3. The van der Waals surface area contributed by atoms with Crippen LogP contribution in [0.1, 0.15) is 36.4 Å². The molecule has 0 saturated carbocycles. The second-order valence-corrected chi connectivity index (χ2v) is 6.30. The van der Waals surface area contributed by atoms with Gasteiger partial charge in [-0.25, -0.2) is 0 Å². The maximum atomic E-state index is 12.2. The lowest BCUT2D eigenvalue weighted by atomic mass is 10.0. The Morgan fingerprint density at radius 3 is 2.32 bits per heavy atom. The van der Waals surface area contributed by atoms with E-state index in [-0.39, 0.29) is 23.6 Å². The van der Waals surface area contributed by atoms with E-state index in [1.807, 2.05) is 32.0 Å². The standard InChI is InChI=1S/C19H24N4O5/c1-5-14-8-7-9-15(6-2)18(14)20-16(24)11-28-17(25)10-22-13(4)19(23(26)27)12(3)21-22/h7-9H,5-6,10-11H2,1-4H3,(H,20,24). The van der Waals surface area contributed by atoms with Gasteiger partial charge in [-0.3, -0.25) is 24.4 Å². The number of esters is 1. The molecule has 2 aromatic rings. The summed E-state index contributed by atoms with van der Waals surface area (Å²) in [5.74, 6) is -1.14. The number of amides is 1. The number of aryl methyl sites for hydroxylation is 3. The van der Waals surface area contributed by atoms with Crippen LogP contribution in [0.15, 0.2) is 18.2 Å². The molecule has 0 bridgehead atoms. The molecule has 0 aliphatic carbocycles. The van der Waals surface area contributed by atoms with E-state index in [0.29, 0.717) is 0 Å². The highest BCUT2D eigenvalue weighted by atomic mass is 16.6. The number of nitrogens with one attached hydrogen (secondary N) is 1. The summed E-state index contributed by atoms with van der Waals surface area (Å²) in [6.45, 7) is 6.25. The van der Waals surface area contributed by atoms with Gasteiger partial charge in [0.1, 0.15) is 17.9 Å². The summed E-state index contributed by atoms with van der Waals surface area (Å²) in [5, 5.41) is 17.8. The third-order valence-electron chi connectivity index (χ3n) is 4.43. The zero-order valence-electron chi connectivity index (χ0n) is 16.4. The van der Waals surface area contributed by atoms with Crippen molar-refractivity contribution in [2.24, 2.45) is 0 Å². The Hall–Kier alpha value is -3.23. The van der Waals surface area contributed by atoms with Crippen LogP contribution in [0.4, 0.5) is 11.4 Å².